The lowest BCUT2D eigenvalue weighted by atomic mass is 10.1. The summed E-state index contributed by atoms with van der Waals surface area (Å²) in [6.07, 6.45) is -0.549. The van der Waals surface area contributed by atoms with E-state index < -0.39 is 6.09 Å². The lowest BCUT2D eigenvalue weighted by molar-refractivity contribution is 0.141. The van der Waals surface area contributed by atoms with Crippen LogP contribution in [0.2, 0.25) is 0 Å². The minimum Gasteiger partial charge on any atom is -0.445 e. The molecule has 1 N–H and O–H groups in total. The van der Waals surface area contributed by atoms with E-state index in [0.29, 0.717) is 11.1 Å². The molecule has 0 fully saturated rings. The van der Waals surface area contributed by atoms with Gasteiger partial charge in [-0.3, -0.25) is 0 Å². The van der Waals surface area contributed by atoms with Crippen molar-refractivity contribution in [3.63, 3.8) is 0 Å². The van der Waals surface area contributed by atoms with Gasteiger partial charge in [-0.2, -0.15) is 0 Å². The number of carbonyl (C=O) groups excluding carboxylic acids is 1. The van der Waals surface area contributed by atoms with E-state index in [9.17, 15) is 9.18 Å². The highest BCUT2D eigenvalue weighted by molar-refractivity contribution is 6.17. The van der Waals surface area contributed by atoms with E-state index in [0.717, 1.165) is 5.56 Å². The summed E-state index contributed by atoms with van der Waals surface area (Å²) in [6, 6.07) is 14.0. The first-order valence-corrected chi connectivity index (χ1v) is 7.50. The SMILES string of the molecule is O=C(NCC#Cc1ccc(CCl)c(F)c1)OCc1ccccc1. The van der Waals surface area contributed by atoms with Crippen molar-refractivity contribution in [3.05, 3.63) is 71.0 Å². The summed E-state index contributed by atoms with van der Waals surface area (Å²) >= 11 is 5.58. The fraction of sp³-hybridized carbons (Fsp3) is 0.167. The van der Waals surface area contributed by atoms with Crippen LogP contribution in [-0.2, 0) is 17.2 Å². The van der Waals surface area contributed by atoms with Crippen LogP contribution in [-0.4, -0.2) is 12.6 Å². The lowest BCUT2D eigenvalue weighted by Crippen LogP contribution is -2.24. The molecule has 0 aliphatic heterocycles. The van der Waals surface area contributed by atoms with Crippen LogP contribution in [0.1, 0.15) is 16.7 Å². The smallest absolute Gasteiger partial charge is 0.408 e. The third kappa shape index (κ3) is 5.65. The summed E-state index contributed by atoms with van der Waals surface area (Å²) in [4.78, 5) is 11.5. The third-order valence-electron chi connectivity index (χ3n) is 2.96. The molecule has 1 amide bonds. The molecule has 0 aliphatic carbocycles. The molecule has 0 spiro atoms. The number of alkyl carbamates (subject to hydrolysis) is 1. The van der Waals surface area contributed by atoms with E-state index in [2.05, 4.69) is 17.2 Å². The fourth-order valence-electron chi connectivity index (χ4n) is 1.77. The largest absolute Gasteiger partial charge is 0.445 e. The van der Waals surface area contributed by atoms with E-state index in [1.54, 1.807) is 12.1 Å². The van der Waals surface area contributed by atoms with Crippen molar-refractivity contribution < 1.29 is 13.9 Å². The first-order valence-electron chi connectivity index (χ1n) is 6.97. The van der Waals surface area contributed by atoms with Crippen LogP contribution in [0.4, 0.5) is 9.18 Å². The van der Waals surface area contributed by atoms with E-state index in [1.165, 1.54) is 6.07 Å². The predicted molar refractivity (Wildman–Crippen MR) is 87.5 cm³/mol. The Morgan fingerprint density at radius 1 is 1.22 bits per heavy atom. The van der Waals surface area contributed by atoms with Gasteiger partial charge in [0.15, 0.2) is 0 Å². The van der Waals surface area contributed by atoms with Crippen LogP contribution < -0.4 is 5.32 Å². The number of nitrogens with one attached hydrogen (secondary N) is 1. The van der Waals surface area contributed by atoms with Crippen molar-refractivity contribution in [3.8, 4) is 11.8 Å². The number of hydrogen-bond acceptors (Lipinski definition) is 2. The van der Waals surface area contributed by atoms with Gasteiger partial charge < -0.3 is 10.1 Å². The number of hydrogen-bond donors (Lipinski definition) is 1. The highest BCUT2D eigenvalue weighted by Crippen LogP contribution is 2.11. The molecule has 3 nitrogen and oxygen atoms in total. The Hall–Kier alpha value is -2.51. The first kappa shape index (κ1) is 16.9. The van der Waals surface area contributed by atoms with Gasteiger partial charge in [-0.05, 0) is 17.7 Å². The average Bonchev–Trinajstić information content (AvgIpc) is 2.58. The first-order chi connectivity index (χ1) is 11.2. The van der Waals surface area contributed by atoms with E-state index in [-0.39, 0.29) is 24.8 Å². The molecule has 2 rings (SSSR count). The predicted octanol–water partition coefficient (Wildman–Crippen LogP) is 3.84. The van der Waals surface area contributed by atoms with Crippen molar-refractivity contribution >= 4 is 17.7 Å². The molecule has 118 valence electrons. The molecule has 0 saturated carbocycles. The minimum atomic E-state index is -0.549. The van der Waals surface area contributed by atoms with Gasteiger partial charge in [-0.15, -0.1) is 11.6 Å². The summed E-state index contributed by atoms with van der Waals surface area (Å²) in [5.41, 5.74) is 1.86. The minimum absolute atomic E-state index is 0.118. The Bertz CT molecular complexity index is 723. The summed E-state index contributed by atoms with van der Waals surface area (Å²) < 4.78 is 18.5. The Labute approximate surface area is 139 Å². The molecule has 2 aromatic rings. The number of benzene rings is 2. The van der Waals surface area contributed by atoms with Crippen LogP contribution >= 0.6 is 11.6 Å². The summed E-state index contributed by atoms with van der Waals surface area (Å²) in [5.74, 6) is 5.23. The van der Waals surface area contributed by atoms with Crippen molar-refractivity contribution in [2.45, 2.75) is 12.5 Å². The molecule has 0 unspecified atom stereocenters. The van der Waals surface area contributed by atoms with Crippen LogP contribution in [0.25, 0.3) is 0 Å². The van der Waals surface area contributed by atoms with Gasteiger partial charge in [-0.1, -0.05) is 48.2 Å². The maximum Gasteiger partial charge on any atom is 0.408 e. The summed E-state index contributed by atoms with van der Waals surface area (Å²) in [6.45, 7) is 0.317. The van der Waals surface area contributed by atoms with Gasteiger partial charge in [-0.25, -0.2) is 9.18 Å². The Balaban J connectivity index is 1.76. The Kier molecular flexibility index (Phi) is 6.46. The van der Waals surface area contributed by atoms with E-state index in [1.807, 2.05) is 30.3 Å². The van der Waals surface area contributed by atoms with Gasteiger partial charge in [0.2, 0.25) is 0 Å². The molecule has 0 atom stereocenters. The van der Waals surface area contributed by atoms with Gasteiger partial charge in [0, 0.05) is 11.1 Å². The molecule has 0 heterocycles. The second-order valence-corrected chi connectivity index (χ2v) is 4.92. The molecular formula is C18H15ClFNO2. The Morgan fingerprint density at radius 2 is 2.00 bits per heavy atom. The normalized spacial score (nSPS) is 9.65. The highest BCUT2D eigenvalue weighted by Gasteiger charge is 2.01. The zero-order valence-corrected chi connectivity index (χ0v) is 13.1. The molecule has 0 aliphatic rings. The number of rotatable bonds is 4. The molecule has 0 aromatic heterocycles. The molecule has 0 radical (unpaired) electrons. The molecule has 5 heteroatoms. The standard InChI is InChI=1S/C18H15ClFNO2/c19-12-16-9-8-14(11-17(16)20)7-4-10-21-18(22)23-13-15-5-2-1-3-6-15/h1-3,5-6,8-9,11H,10,12-13H2,(H,21,22). The molecule has 0 bridgehead atoms. The highest BCUT2D eigenvalue weighted by atomic mass is 35.5. The second kappa shape index (κ2) is 8.82. The van der Waals surface area contributed by atoms with Crippen LogP contribution in [0, 0.1) is 17.7 Å². The lowest BCUT2D eigenvalue weighted by Gasteiger charge is -2.04. The van der Waals surface area contributed by atoms with E-state index in [4.69, 9.17) is 16.3 Å². The van der Waals surface area contributed by atoms with Gasteiger partial charge >= 0.3 is 6.09 Å². The van der Waals surface area contributed by atoms with Crippen molar-refractivity contribution in [1.82, 2.24) is 5.32 Å². The molecule has 23 heavy (non-hydrogen) atoms. The zero-order chi connectivity index (χ0) is 16.5. The van der Waals surface area contributed by atoms with Crippen molar-refractivity contribution in [1.29, 1.82) is 0 Å². The zero-order valence-electron chi connectivity index (χ0n) is 12.3. The molecule has 2 aromatic carbocycles. The topological polar surface area (TPSA) is 38.3 Å². The third-order valence-corrected chi connectivity index (χ3v) is 3.25. The maximum absolute atomic E-state index is 13.5. The number of amides is 1. The molecular weight excluding hydrogens is 317 g/mol. The van der Waals surface area contributed by atoms with Gasteiger partial charge in [0.25, 0.3) is 0 Å². The molecule has 0 saturated heterocycles. The Morgan fingerprint density at radius 3 is 2.70 bits per heavy atom. The van der Waals surface area contributed by atoms with E-state index >= 15 is 0 Å². The van der Waals surface area contributed by atoms with Crippen molar-refractivity contribution in [2.75, 3.05) is 6.54 Å². The number of halogens is 2. The quantitative estimate of drug-likeness (QED) is 0.683. The van der Waals surface area contributed by atoms with Gasteiger partial charge in [0.05, 0.1) is 12.4 Å². The second-order valence-electron chi connectivity index (χ2n) is 4.66. The summed E-state index contributed by atoms with van der Waals surface area (Å²) in [5, 5.41) is 2.51. The average molecular weight is 332 g/mol. The number of alkyl halides is 1. The van der Waals surface area contributed by atoms with Crippen LogP contribution in [0.5, 0.6) is 0 Å². The van der Waals surface area contributed by atoms with Crippen LogP contribution in [0.3, 0.4) is 0 Å². The number of ether oxygens (including phenoxy) is 1. The van der Waals surface area contributed by atoms with Gasteiger partial charge in [0.1, 0.15) is 12.4 Å². The van der Waals surface area contributed by atoms with Crippen LogP contribution in [0.15, 0.2) is 48.5 Å². The van der Waals surface area contributed by atoms with Crippen molar-refractivity contribution in [2.24, 2.45) is 0 Å². The fourth-order valence-corrected chi connectivity index (χ4v) is 1.99. The maximum atomic E-state index is 13.5. The summed E-state index contributed by atoms with van der Waals surface area (Å²) in [7, 11) is 0. The monoisotopic (exact) mass is 331 g/mol. The number of carbonyl (C=O) groups is 1.